The van der Waals surface area contributed by atoms with Crippen molar-refractivity contribution < 1.29 is 32.4 Å². The summed E-state index contributed by atoms with van der Waals surface area (Å²) in [7, 11) is -2.72. The smallest absolute Gasteiger partial charge is 0.293 e. The van der Waals surface area contributed by atoms with Gasteiger partial charge in [0.1, 0.15) is 22.8 Å². The number of nitro benzene ring substituents is 1. The number of sulfonamides is 1. The van der Waals surface area contributed by atoms with E-state index in [2.05, 4.69) is 66.6 Å². The molecule has 3 aliphatic heterocycles. The standard InChI is InChI=1S/C51H56N8O8S/c1-52-22-17-49(60)57-25-18-36(19-26-57)42-5-2-3-6-43(42)46-7-4-24-58(46)39-11-8-35(9-12-39)37-10-14-44(48(30-37)67-40-29-38-16-23-53-50(38)55-33-40)51(61)56-68(64,65)41-13-15-45(47(31-41)59(62)63)54-32-34-20-27-66-28-21-34/h2-3,5-6,8-16,23,29-31,33-34,36,46,52,54H,4,7,17-22,24-28,32H2,1H3,(H,53,55)(H,56,61)/t46-/m1/s1. The van der Waals surface area contributed by atoms with E-state index in [9.17, 15) is 28.1 Å². The lowest BCUT2D eigenvalue weighted by atomic mass is 9.84. The maximum atomic E-state index is 14.0. The van der Waals surface area contributed by atoms with Gasteiger partial charge in [-0.3, -0.25) is 19.7 Å². The molecule has 5 heterocycles. The number of pyridine rings is 1. The van der Waals surface area contributed by atoms with Crippen molar-refractivity contribution >= 4 is 49.9 Å². The van der Waals surface area contributed by atoms with E-state index in [-0.39, 0.29) is 34.9 Å². The van der Waals surface area contributed by atoms with Crippen LogP contribution in [-0.4, -0.2) is 93.0 Å². The number of ether oxygens (including phenoxy) is 2. The molecular formula is C51H56N8O8S. The number of piperidine rings is 1. The maximum absolute atomic E-state index is 14.0. The van der Waals surface area contributed by atoms with E-state index in [1.165, 1.54) is 35.5 Å². The number of nitrogens with zero attached hydrogens (tertiary/aromatic N) is 4. The number of H-pyrrole nitrogens is 1. The molecule has 1 atom stereocenters. The molecule has 3 aliphatic rings. The van der Waals surface area contributed by atoms with Crippen molar-refractivity contribution in [3.8, 4) is 22.6 Å². The molecule has 3 fully saturated rings. The molecule has 17 heteroatoms. The van der Waals surface area contributed by atoms with Gasteiger partial charge in [0.25, 0.3) is 21.6 Å². The quantitative estimate of drug-likeness (QED) is 0.0533. The highest BCUT2D eigenvalue weighted by atomic mass is 32.2. The lowest BCUT2D eigenvalue weighted by Gasteiger charge is -2.35. The first-order chi connectivity index (χ1) is 33.0. The van der Waals surface area contributed by atoms with E-state index >= 15 is 0 Å². The van der Waals surface area contributed by atoms with Crippen molar-refractivity contribution in [2.75, 3.05) is 63.2 Å². The normalized spacial score (nSPS) is 17.0. The molecule has 6 aromatic rings. The van der Waals surface area contributed by atoms with E-state index in [0.29, 0.717) is 50.0 Å². The van der Waals surface area contributed by atoms with Gasteiger partial charge in [-0.25, -0.2) is 18.1 Å². The minimum atomic E-state index is -4.59. The van der Waals surface area contributed by atoms with Crippen molar-refractivity contribution in [3.05, 3.63) is 136 Å². The van der Waals surface area contributed by atoms with Gasteiger partial charge in [-0.2, -0.15) is 0 Å². The average Bonchev–Trinajstić information content (AvgIpc) is 4.06. The highest BCUT2D eigenvalue weighted by molar-refractivity contribution is 7.90. The topological polar surface area (TPSA) is 201 Å². The highest BCUT2D eigenvalue weighted by Gasteiger charge is 2.32. The Morgan fingerprint density at radius 2 is 1.66 bits per heavy atom. The molecule has 0 saturated carbocycles. The lowest BCUT2D eigenvalue weighted by Crippen LogP contribution is -2.39. The first-order valence-electron chi connectivity index (χ1n) is 23.3. The largest absolute Gasteiger partial charge is 0.455 e. The van der Waals surface area contributed by atoms with E-state index in [1.54, 1.807) is 24.4 Å². The second-order valence-corrected chi connectivity index (χ2v) is 19.4. The number of carbonyl (C=O) groups excluding carboxylic acids is 2. The minimum absolute atomic E-state index is 0.0722. The lowest BCUT2D eigenvalue weighted by molar-refractivity contribution is -0.384. The average molecular weight is 941 g/mol. The highest BCUT2D eigenvalue weighted by Crippen LogP contribution is 2.42. The van der Waals surface area contributed by atoms with Gasteiger partial charge < -0.3 is 34.9 Å². The Labute approximate surface area is 395 Å². The number of aromatic amines is 1. The molecular weight excluding hydrogens is 885 g/mol. The Morgan fingerprint density at radius 3 is 2.43 bits per heavy atom. The molecule has 4 N–H and O–H groups in total. The summed E-state index contributed by atoms with van der Waals surface area (Å²) < 4.78 is 41.3. The summed E-state index contributed by atoms with van der Waals surface area (Å²) in [5.74, 6) is 0.284. The van der Waals surface area contributed by atoms with E-state index < -0.39 is 31.4 Å². The molecule has 9 rings (SSSR count). The van der Waals surface area contributed by atoms with E-state index in [1.807, 2.05) is 30.1 Å². The van der Waals surface area contributed by atoms with Crippen LogP contribution in [0.5, 0.6) is 11.5 Å². The molecule has 354 valence electrons. The van der Waals surface area contributed by atoms with Crippen LogP contribution in [0.1, 0.15) is 78.4 Å². The molecule has 3 saturated heterocycles. The zero-order valence-electron chi connectivity index (χ0n) is 38.0. The third kappa shape index (κ3) is 10.3. The van der Waals surface area contributed by atoms with Gasteiger partial charge >= 0.3 is 0 Å². The summed E-state index contributed by atoms with van der Waals surface area (Å²) in [4.78, 5) is 49.7. The Morgan fingerprint density at radius 1 is 0.897 bits per heavy atom. The van der Waals surface area contributed by atoms with Gasteiger partial charge in [-0.05, 0) is 128 Å². The zero-order valence-corrected chi connectivity index (χ0v) is 38.8. The summed E-state index contributed by atoms with van der Waals surface area (Å²) in [5, 5.41) is 19.1. The fourth-order valence-electron chi connectivity index (χ4n) is 9.76. The first-order valence-corrected chi connectivity index (χ1v) is 24.8. The molecule has 2 amide bonds. The number of fused-ring (bicyclic) bond motifs is 1. The van der Waals surface area contributed by atoms with Crippen molar-refractivity contribution in [2.45, 2.75) is 61.8 Å². The summed E-state index contributed by atoms with van der Waals surface area (Å²) in [5.41, 5.74) is 5.70. The Bertz CT molecular complexity index is 2890. The van der Waals surface area contributed by atoms with Crippen LogP contribution in [-0.2, 0) is 19.6 Å². The summed E-state index contributed by atoms with van der Waals surface area (Å²) in [6, 6.07) is 29.3. The van der Waals surface area contributed by atoms with Crippen molar-refractivity contribution in [1.29, 1.82) is 0 Å². The molecule has 0 bridgehead atoms. The number of benzene rings is 4. The predicted molar refractivity (Wildman–Crippen MR) is 261 cm³/mol. The Balaban J connectivity index is 0.944. The van der Waals surface area contributed by atoms with Crippen molar-refractivity contribution in [1.82, 2.24) is 24.9 Å². The van der Waals surface area contributed by atoms with Crippen LogP contribution in [0.15, 0.2) is 114 Å². The number of anilines is 2. The van der Waals surface area contributed by atoms with Crippen LogP contribution in [0.2, 0.25) is 0 Å². The second-order valence-electron chi connectivity index (χ2n) is 17.7. The zero-order chi connectivity index (χ0) is 47.2. The van der Waals surface area contributed by atoms with Crippen LogP contribution in [0, 0.1) is 16.0 Å². The molecule has 0 radical (unpaired) electrons. The van der Waals surface area contributed by atoms with Gasteiger partial charge in [0.05, 0.1) is 27.6 Å². The van der Waals surface area contributed by atoms with Crippen LogP contribution in [0.25, 0.3) is 22.2 Å². The van der Waals surface area contributed by atoms with Crippen LogP contribution in [0.4, 0.5) is 17.1 Å². The van der Waals surface area contributed by atoms with Gasteiger partial charge in [0, 0.05) is 75.7 Å². The SMILES string of the molecule is CNCCC(=O)N1CCC(c2ccccc2[C@H]2CCCN2c2ccc(-c3ccc(C(=O)NS(=O)(=O)c4ccc(NCC5CCOCC5)c([N+](=O)[O-])c4)c(Oc4cnc5[nH]ccc5c4)c3)cc2)CC1. The molecule has 2 aromatic heterocycles. The van der Waals surface area contributed by atoms with Crippen LogP contribution >= 0.6 is 0 Å². The third-order valence-corrected chi connectivity index (χ3v) is 14.8. The van der Waals surface area contributed by atoms with Gasteiger partial charge in [-0.1, -0.05) is 42.5 Å². The molecule has 68 heavy (non-hydrogen) atoms. The number of amides is 2. The fourth-order valence-corrected chi connectivity index (χ4v) is 10.7. The second kappa shape index (κ2) is 20.6. The summed E-state index contributed by atoms with van der Waals surface area (Å²) in [6.07, 6.45) is 9.37. The first kappa shape index (κ1) is 46.3. The number of hydrogen-bond donors (Lipinski definition) is 4. The van der Waals surface area contributed by atoms with Crippen LogP contribution < -0.4 is 25.0 Å². The maximum Gasteiger partial charge on any atom is 0.293 e. The number of nitro groups is 1. The Kier molecular flexibility index (Phi) is 14.0. The van der Waals surface area contributed by atoms with Gasteiger partial charge in [0.2, 0.25) is 5.91 Å². The minimum Gasteiger partial charge on any atom is -0.455 e. The number of aromatic nitrogens is 2. The van der Waals surface area contributed by atoms with Crippen molar-refractivity contribution in [2.24, 2.45) is 5.92 Å². The predicted octanol–water partition coefficient (Wildman–Crippen LogP) is 8.54. The van der Waals surface area contributed by atoms with Crippen molar-refractivity contribution in [3.63, 3.8) is 0 Å². The summed E-state index contributed by atoms with van der Waals surface area (Å²) in [6.45, 7) is 4.84. The van der Waals surface area contributed by atoms with Crippen LogP contribution in [0.3, 0.4) is 0 Å². The molecule has 0 unspecified atom stereocenters. The number of carbonyl (C=O) groups is 2. The molecule has 0 aliphatic carbocycles. The van der Waals surface area contributed by atoms with Gasteiger partial charge in [0.15, 0.2) is 0 Å². The monoisotopic (exact) mass is 940 g/mol. The fraction of sp³-hybridized carbons (Fsp3) is 0.353. The van der Waals surface area contributed by atoms with E-state index in [0.717, 1.165) is 86.4 Å². The summed E-state index contributed by atoms with van der Waals surface area (Å²) >= 11 is 0. The number of rotatable bonds is 16. The van der Waals surface area contributed by atoms with E-state index in [4.69, 9.17) is 9.47 Å². The molecule has 4 aromatic carbocycles. The number of likely N-dealkylation sites (tertiary alicyclic amines) is 1. The Hall–Kier alpha value is -6.82. The third-order valence-electron chi connectivity index (χ3n) is 13.5. The number of hydrogen-bond acceptors (Lipinski definition) is 12. The number of nitrogens with one attached hydrogen (secondary N) is 4. The molecule has 16 nitrogen and oxygen atoms in total. The van der Waals surface area contributed by atoms with Gasteiger partial charge in [-0.15, -0.1) is 0 Å². The molecule has 0 spiro atoms.